The molecule has 0 aliphatic rings. The molecular formula is C15H18N2O. The topological polar surface area (TPSA) is 48.1 Å². The van der Waals surface area contributed by atoms with Crippen LogP contribution in [0.4, 0.5) is 0 Å². The number of ether oxygens (including phenoxy) is 1. The summed E-state index contributed by atoms with van der Waals surface area (Å²) in [5.74, 6) is 0.731. The summed E-state index contributed by atoms with van der Waals surface area (Å²) in [6.07, 6.45) is 3.47. The van der Waals surface area contributed by atoms with E-state index in [0.717, 1.165) is 16.9 Å². The van der Waals surface area contributed by atoms with Gasteiger partial charge in [-0.25, -0.2) is 0 Å². The molecule has 94 valence electrons. The van der Waals surface area contributed by atoms with Gasteiger partial charge in [0.2, 0.25) is 0 Å². The van der Waals surface area contributed by atoms with Gasteiger partial charge < -0.3 is 10.5 Å². The SMILES string of the molecule is COc1cncc(C(N)c2c(C)cccc2C)c1. The number of hydrogen-bond acceptors (Lipinski definition) is 3. The fourth-order valence-electron chi connectivity index (χ4n) is 2.20. The van der Waals surface area contributed by atoms with Gasteiger partial charge in [-0.3, -0.25) is 4.98 Å². The number of methoxy groups -OCH3 is 1. The monoisotopic (exact) mass is 242 g/mol. The number of nitrogens with zero attached hydrogens (tertiary/aromatic N) is 1. The van der Waals surface area contributed by atoms with Gasteiger partial charge in [0.25, 0.3) is 0 Å². The number of pyridine rings is 1. The second kappa shape index (κ2) is 5.19. The van der Waals surface area contributed by atoms with Crippen molar-refractivity contribution >= 4 is 0 Å². The van der Waals surface area contributed by atoms with Crippen LogP contribution in [0.3, 0.4) is 0 Å². The molecular weight excluding hydrogens is 224 g/mol. The molecule has 0 amide bonds. The second-order valence-corrected chi connectivity index (χ2v) is 4.44. The third-order valence-electron chi connectivity index (χ3n) is 3.18. The van der Waals surface area contributed by atoms with E-state index in [-0.39, 0.29) is 6.04 Å². The van der Waals surface area contributed by atoms with Crippen molar-refractivity contribution in [1.29, 1.82) is 0 Å². The Kier molecular flexibility index (Phi) is 3.63. The first-order valence-corrected chi connectivity index (χ1v) is 5.94. The van der Waals surface area contributed by atoms with Gasteiger partial charge >= 0.3 is 0 Å². The first-order valence-electron chi connectivity index (χ1n) is 5.94. The van der Waals surface area contributed by atoms with Crippen LogP contribution < -0.4 is 10.5 Å². The van der Waals surface area contributed by atoms with Gasteiger partial charge in [-0.05, 0) is 42.2 Å². The number of aryl methyl sites for hydroxylation is 2. The zero-order chi connectivity index (χ0) is 13.1. The van der Waals surface area contributed by atoms with Gasteiger partial charge in [0.15, 0.2) is 0 Å². The van der Waals surface area contributed by atoms with E-state index >= 15 is 0 Å². The minimum absolute atomic E-state index is 0.172. The predicted octanol–water partition coefficient (Wildman–Crippen LogP) is 2.76. The lowest BCUT2D eigenvalue weighted by Gasteiger charge is -2.18. The van der Waals surface area contributed by atoms with E-state index < -0.39 is 0 Å². The molecule has 0 spiro atoms. The first kappa shape index (κ1) is 12.6. The highest BCUT2D eigenvalue weighted by atomic mass is 16.5. The zero-order valence-corrected chi connectivity index (χ0v) is 11.0. The van der Waals surface area contributed by atoms with E-state index in [9.17, 15) is 0 Å². The first-order chi connectivity index (χ1) is 8.63. The highest BCUT2D eigenvalue weighted by Crippen LogP contribution is 2.26. The molecule has 3 heteroatoms. The van der Waals surface area contributed by atoms with Crippen LogP contribution in [-0.2, 0) is 0 Å². The molecule has 3 nitrogen and oxygen atoms in total. The third kappa shape index (κ3) is 2.36. The number of nitrogens with two attached hydrogens (primary N) is 1. The second-order valence-electron chi connectivity index (χ2n) is 4.44. The van der Waals surface area contributed by atoms with Crippen molar-refractivity contribution in [3.05, 3.63) is 58.9 Å². The van der Waals surface area contributed by atoms with E-state index in [1.807, 2.05) is 12.1 Å². The van der Waals surface area contributed by atoms with Gasteiger partial charge in [0.1, 0.15) is 5.75 Å². The standard InChI is InChI=1S/C15H18N2O/c1-10-5-4-6-11(2)14(10)15(16)12-7-13(18-3)9-17-8-12/h4-9,15H,16H2,1-3H3. The van der Waals surface area contributed by atoms with Crippen molar-refractivity contribution in [2.75, 3.05) is 7.11 Å². The van der Waals surface area contributed by atoms with Crippen molar-refractivity contribution in [1.82, 2.24) is 4.98 Å². The lowest BCUT2D eigenvalue weighted by atomic mass is 9.93. The number of benzene rings is 1. The third-order valence-corrected chi connectivity index (χ3v) is 3.18. The Labute approximate surface area is 108 Å². The highest BCUT2D eigenvalue weighted by Gasteiger charge is 2.14. The summed E-state index contributed by atoms with van der Waals surface area (Å²) in [6, 6.07) is 7.97. The molecule has 0 aliphatic heterocycles. The normalized spacial score (nSPS) is 12.2. The molecule has 0 radical (unpaired) electrons. The fraction of sp³-hybridized carbons (Fsp3) is 0.267. The van der Waals surface area contributed by atoms with Gasteiger partial charge in [0, 0.05) is 6.20 Å². The average Bonchev–Trinajstić information content (AvgIpc) is 2.38. The summed E-state index contributed by atoms with van der Waals surface area (Å²) in [5.41, 5.74) is 10.9. The van der Waals surface area contributed by atoms with Crippen molar-refractivity contribution in [2.45, 2.75) is 19.9 Å². The summed E-state index contributed by atoms with van der Waals surface area (Å²) in [7, 11) is 1.63. The summed E-state index contributed by atoms with van der Waals surface area (Å²) < 4.78 is 5.18. The van der Waals surface area contributed by atoms with Crippen LogP contribution in [0.2, 0.25) is 0 Å². The van der Waals surface area contributed by atoms with E-state index in [2.05, 4.69) is 31.0 Å². The molecule has 1 atom stereocenters. The summed E-state index contributed by atoms with van der Waals surface area (Å²) >= 11 is 0. The maximum atomic E-state index is 6.35. The van der Waals surface area contributed by atoms with Crippen LogP contribution in [0, 0.1) is 13.8 Å². The molecule has 0 saturated heterocycles. The quantitative estimate of drug-likeness (QED) is 0.900. The van der Waals surface area contributed by atoms with Crippen molar-refractivity contribution in [3.8, 4) is 5.75 Å². The molecule has 2 rings (SSSR count). The Morgan fingerprint density at radius 1 is 1.17 bits per heavy atom. The predicted molar refractivity (Wildman–Crippen MR) is 72.7 cm³/mol. The molecule has 18 heavy (non-hydrogen) atoms. The van der Waals surface area contributed by atoms with Crippen LogP contribution in [0.1, 0.15) is 28.3 Å². The number of rotatable bonds is 3. The van der Waals surface area contributed by atoms with Gasteiger partial charge in [-0.15, -0.1) is 0 Å². The Morgan fingerprint density at radius 2 is 1.83 bits per heavy atom. The van der Waals surface area contributed by atoms with Crippen molar-refractivity contribution in [3.63, 3.8) is 0 Å². The Bertz CT molecular complexity index is 532. The summed E-state index contributed by atoms with van der Waals surface area (Å²) in [6.45, 7) is 4.16. The van der Waals surface area contributed by atoms with E-state index in [1.54, 1.807) is 19.5 Å². The fourth-order valence-corrected chi connectivity index (χ4v) is 2.20. The summed E-state index contributed by atoms with van der Waals surface area (Å²) in [5, 5.41) is 0. The van der Waals surface area contributed by atoms with E-state index in [4.69, 9.17) is 10.5 Å². The number of aromatic nitrogens is 1. The molecule has 1 heterocycles. The Hall–Kier alpha value is -1.87. The molecule has 1 aromatic heterocycles. The van der Waals surface area contributed by atoms with Gasteiger partial charge in [-0.2, -0.15) is 0 Å². The van der Waals surface area contributed by atoms with Crippen LogP contribution in [0.5, 0.6) is 5.75 Å². The Morgan fingerprint density at radius 3 is 2.44 bits per heavy atom. The maximum absolute atomic E-state index is 6.35. The largest absolute Gasteiger partial charge is 0.495 e. The van der Waals surface area contributed by atoms with Crippen LogP contribution in [-0.4, -0.2) is 12.1 Å². The Balaban J connectivity index is 2.44. The molecule has 2 aromatic rings. The summed E-state index contributed by atoms with van der Waals surface area (Å²) in [4.78, 5) is 4.16. The van der Waals surface area contributed by atoms with Crippen LogP contribution in [0.25, 0.3) is 0 Å². The van der Waals surface area contributed by atoms with E-state index in [0.29, 0.717) is 0 Å². The maximum Gasteiger partial charge on any atom is 0.137 e. The van der Waals surface area contributed by atoms with Gasteiger partial charge in [0.05, 0.1) is 19.3 Å². The highest BCUT2D eigenvalue weighted by molar-refractivity contribution is 5.42. The van der Waals surface area contributed by atoms with E-state index in [1.165, 1.54) is 11.1 Å². The van der Waals surface area contributed by atoms with Crippen molar-refractivity contribution in [2.24, 2.45) is 5.73 Å². The number of hydrogen-bond donors (Lipinski definition) is 1. The average molecular weight is 242 g/mol. The van der Waals surface area contributed by atoms with Crippen molar-refractivity contribution < 1.29 is 4.74 Å². The lowest BCUT2D eigenvalue weighted by Crippen LogP contribution is -2.15. The minimum atomic E-state index is -0.172. The van der Waals surface area contributed by atoms with Crippen LogP contribution in [0.15, 0.2) is 36.7 Å². The van der Waals surface area contributed by atoms with Crippen LogP contribution >= 0.6 is 0 Å². The smallest absolute Gasteiger partial charge is 0.137 e. The molecule has 1 aromatic carbocycles. The zero-order valence-electron chi connectivity index (χ0n) is 11.0. The molecule has 0 aliphatic carbocycles. The molecule has 0 bridgehead atoms. The molecule has 0 saturated carbocycles. The molecule has 0 fully saturated rings. The van der Waals surface area contributed by atoms with Gasteiger partial charge in [-0.1, -0.05) is 18.2 Å². The minimum Gasteiger partial charge on any atom is -0.495 e. The molecule has 1 unspecified atom stereocenters. The molecule has 2 N–H and O–H groups in total. The lowest BCUT2D eigenvalue weighted by molar-refractivity contribution is 0.412.